The largest absolute Gasteiger partial charge is 0.480 e. The maximum Gasteiger partial charge on any atom is 0.328 e. The maximum atomic E-state index is 11.7. The summed E-state index contributed by atoms with van der Waals surface area (Å²) in [7, 11) is 1.75. The van der Waals surface area contributed by atoms with Gasteiger partial charge in [-0.2, -0.15) is 5.10 Å². The van der Waals surface area contributed by atoms with Crippen molar-refractivity contribution in [1.29, 1.82) is 0 Å². The van der Waals surface area contributed by atoms with E-state index >= 15 is 0 Å². The predicted molar refractivity (Wildman–Crippen MR) is 81.4 cm³/mol. The molecule has 0 saturated carbocycles. The third-order valence-electron chi connectivity index (χ3n) is 3.56. The number of carboxylic acids is 1. The Morgan fingerprint density at radius 3 is 2.82 bits per heavy atom. The molecule has 0 aliphatic rings. The minimum atomic E-state index is -0.950. The fourth-order valence-electron chi connectivity index (χ4n) is 2.57. The number of nitrogens with zero attached hydrogens (tertiary/aromatic N) is 2. The van der Waals surface area contributed by atoms with Gasteiger partial charge in [-0.15, -0.1) is 0 Å². The summed E-state index contributed by atoms with van der Waals surface area (Å²) in [5.41, 5.74) is 2.43. The van der Waals surface area contributed by atoms with Crippen molar-refractivity contribution >= 4 is 16.9 Å². The molecule has 114 valence electrons. The first kappa shape index (κ1) is 14.3. The highest BCUT2D eigenvalue weighted by Gasteiger charge is 2.28. The number of likely N-dealkylation sites (N-methyl/N-ethyl adjacent to an activating group) is 1. The Labute approximate surface area is 127 Å². The number of fused-ring (bicyclic) bond motifs is 1. The van der Waals surface area contributed by atoms with Gasteiger partial charge in [-0.3, -0.25) is 14.8 Å². The Balaban J connectivity index is 1.89. The number of rotatable bonds is 5. The maximum absolute atomic E-state index is 11.7. The molecular weight excluding hydrogens is 282 g/mol. The van der Waals surface area contributed by atoms with Gasteiger partial charge in [0.15, 0.2) is 6.04 Å². The highest BCUT2D eigenvalue weighted by molar-refractivity contribution is 5.81. The molecule has 0 bridgehead atoms. The van der Waals surface area contributed by atoms with Crippen molar-refractivity contribution in [2.75, 3.05) is 7.05 Å². The topological polar surface area (TPSA) is 82.4 Å². The van der Waals surface area contributed by atoms with Crippen molar-refractivity contribution in [1.82, 2.24) is 15.1 Å². The van der Waals surface area contributed by atoms with Crippen LogP contribution in [0.2, 0.25) is 0 Å². The smallest absolute Gasteiger partial charge is 0.328 e. The molecule has 3 aromatic rings. The van der Waals surface area contributed by atoms with Crippen LogP contribution in [-0.4, -0.2) is 33.2 Å². The van der Waals surface area contributed by atoms with Crippen LogP contribution in [0.25, 0.3) is 11.0 Å². The summed E-state index contributed by atoms with van der Waals surface area (Å²) < 4.78 is 5.70. The van der Waals surface area contributed by atoms with E-state index in [-0.39, 0.29) is 0 Å². The third-order valence-corrected chi connectivity index (χ3v) is 3.56. The average Bonchev–Trinajstić information content (AvgIpc) is 3.04. The van der Waals surface area contributed by atoms with E-state index in [4.69, 9.17) is 4.42 Å². The Kier molecular flexibility index (Phi) is 3.68. The summed E-state index contributed by atoms with van der Waals surface area (Å²) in [6.45, 7) is 2.32. The first-order chi connectivity index (χ1) is 10.5. The Morgan fingerprint density at radius 2 is 2.18 bits per heavy atom. The van der Waals surface area contributed by atoms with E-state index in [1.54, 1.807) is 18.0 Å². The molecule has 0 aliphatic carbocycles. The van der Waals surface area contributed by atoms with Crippen molar-refractivity contribution < 1.29 is 14.3 Å². The lowest BCUT2D eigenvalue weighted by molar-refractivity contribution is -0.143. The first-order valence-electron chi connectivity index (χ1n) is 6.97. The summed E-state index contributed by atoms with van der Waals surface area (Å²) in [6.07, 6.45) is 0. The zero-order chi connectivity index (χ0) is 15.7. The molecule has 2 heterocycles. The molecule has 0 fully saturated rings. The van der Waals surface area contributed by atoms with E-state index in [0.29, 0.717) is 17.9 Å². The quantitative estimate of drug-likeness (QED) is 0.757. The molecule has 1 unspecified atom stereocenters. The number of aromatic amines is 1. The first-order valence-corrected chi connectivity index (χ1v) is 6.97. The fourth-order valence-corrected chi connectivity index (χ4v) is 2.57. The average molecular weight is 299 g/mol. The highest BCUT2D eigenvalue weighted by atomic mass is 16.4. The van der Waals surface area contributed by atoms with Gasteiger partial charge in [-0.1, -0.05) is 18.2 Å². The molecule has 1 aromatic carbocycles. The number of hydrogen-bond acceptors (Lipinski definition) is 4. The normalized spacial score (nSPS) is 12.9. The summed E-state index contributed by atoms with van der Waals surface area (Å²) in [5.74, 6) is -0.530. The SMILES string of the molecule is Cc1cc(CN(C)C(C(=O)O)c2cc3ccccc3o2)n[nH]1. The molecule has 0 saturated heterocycles. The molecule has 0 amide bonds. The molecule has 1 atom stereocenters. The van der Waals surface area contributed by atoms with Crippen LogP contribution in [0.3, 0.4) is 0 Å². The van der Waals surface area contributed by atoms with E-state index < -0.39 is 12.0 Å². The molecular formula is C16H17N3O3. The summed E-state index contributed by atoms with van der Waals surface area (Å²) >= 11 is 0. The van der Waals surface area contributed by atoms with Crippen molar-refractivity contribution in [3.05, 3.63) is 53.5 Å². The lowest BCUT2D eigenvalue weighted by Crippen LogP contribution is -2.30. The van der Waals surface area contributed by atoms with Crippen molar-refractivity contribution in [3.63, 3.8) is 0 Å². The lowest BCUT2D eigenvalue weighted by Gasteiger charge is -2.21. The molecule has 6 heteroatoms. The molecule has 3 rings (SSSR count). The van der Waals surface area contributed by atoms with Gasteiger partial charge in [-0.25, -0.2) is 0 Å². The predicted octanol–water partition coefficient (Wildman–Crippen LogP) is 2.72. The monoisotopic (exact) mass is 299 g/mol. The molecule has 0 aliphatic heterocycles. The molecule has 2 N–H and O–H groups in total. The fraction of sp³-hybridized carbons (Fsp3) is 0.250. The van der Waals surface area contributed by atoms with Crippen LogP contribution in [0.5, 0.6) is 0 Å². The second kappa shape index (κ2) is 5.65. The number of hydrogen-bond donors (Lipinski definition) is 2. The number of furan rings is 1. The van der Waals surface area contributed by atoms with Crippen molar-refractivity contribution in [2.24, 2.45) is 0 Å². The molecule has 0 radical (unpaired) electrons. The number of H-pyrrole nitrogens is 1. The number of benzene rings is 1. The van der Waals surface area contributed by atoms with Crippen molar-refractivity contribution in [3.8, 4) is 0 Å². The number of aliphatic carboxylic acids is 1. The van der Waals surface area contributed by atoms with Crippen LogP contribution in [-0.2, 0) is 11.3 Å². The Bertz CT molecular complexity index is 773. The van der Waals surface area contributed by atoms with E-state index in [9.17, 15) is 9.90 Å². The van der Waals surface area contributed by atoms with Gasteiger partial charge in [0.25, 0.3) is 0 Å². The molecule has 0 spiro atoms. The highest BCUT2D eigenvalue weighted by Crippen LogP contribution is 2.28. The van der Waals surface area contributed by atoms with E-state index in [1.807, 2.05) is 37.3 Å². The molecule has 2 aromatic heterocycles. The third kappa shape index (κ3) is 2.73. The minimum Gasteiger partial charge on any atom is -0.480 e. The van der Waals surface area contributed by atoms with Gasteiger partial charge in [-0.05, 0) is 32.2 Å². The zero-order valence-electron chi connectivity index (χ0n) is 12.4. The number of carbonyl (C=O) groups is 1. The van der Waals surface area contributed by atoms with Gasteiger partial charge >= 0.3 is 5.97 Å². The number of para-hydroxylation sites is 1. The van der Waals surface area contributed by atoms with Gasteiger partial charge in [0.05, 0.1) is 5.69 Å². The minimum absolute atomic E-state index is 0.415. The van der Waals surface area contributed by atoms with Crippen LogP contribution >= 0.6 is 0 Å². The van der Waals surface area contributed by atoms with Gasteiger partial charge in [0, 0.05) is 17.6 Å². The van der Waals surface area contributed by atoms with E-state index in [2.05, 4.69) is 10.2 Å². The molecule has 22 heavy (non-hydrogen) atoms. The van der Waals surface area contributed by atoms with Crippen LogP contribution in [0, 0.1) is 6.92 Å². The zero-order valence-corrected chi connectivity index (χ0v) is 12.4. The Morgan fingerprint density at radius 1 is 1.41 bits per heavy atom. The van der Waals surface area contributed by atoms with E-state index in [1.165, 1.54) is 0 Å². The van der Waals surface area contributed by atoms with Crippen LogP contribution < -0.4 is 0 Å². The summed E-state index contributed by atoms with van der Waals surface area (Å²) in [5, 5.41) is 17.5. The Hall–Kier alpha value is -2.60. The number of nitrogens with one attached hydrogen (secondary N) is 1. The van der Waals surface area contributed by atoms with Crippen LogP contribution in [0.1, 0.15) is 23.2 Å². The number of aromatic nitrogens is 2. The van der Waals surface area contributed by atoms with Crippen LogP contribution in [0.4, 0.5) is 0 Å². The van der Waals surface area contributed by atoms with Crippen LogP contribution in [0.15, 0.2) is 40.8 Å². The lowest BCUT2D eigenvalue weighted by atomic mass is 10.1. The number of aryl methyl sites for hydroxylation is 1. The van der Waals surface area contributed by atoms with Gasteiger partial charge in [0.1, 0.15) is 11.3 Å². The van der Waals surface area contributed by atoms with E-state index in [0.717, 1.165) is 16.8 Å². The summed E-state index contributed by atoms with van der Waals surface area (Å²) in [4.78, 5) is 13.4. The van der Waals surface area contributed by atoms with Crippen molar-refractivity contribution in [2.45, 2.75) is 19.5 Å². The van der Waals surface area contributed by atoms with Gasteiger partial charge in [0.2, 0.25) is 0 Å². The standard InChI is InChI=1S/C16H17N3O3/c1-10-7-12(18-17-10)9-19(2)15(16(20)21)14-8-11-5-3-4-6-13(11)22-14/h3-8,15H,9H2,1-2H3,(H,17,18)(H,20,21). The number of carboxylic acid groups (broad SMARTS) is 1. The second-order valence-corrected chi connectivity index (χ2v) is 5.38. The second-order valence-electron chi connectivity index (χ2n) is 5.38. The molecule has 6 nitrogen and oxygen atoms in total. The van der Waals surface area contributed by atoms with Gasteiger partial charge < -0.3 is 9.52 Å². The summed E-state index contributed by atoms with van der Waals surface area (Å²) in [6, 6.07) is 10.3.